The van der Waals surface area contributed by atoms with Gasteiger partial charge in [-0.25, -0.2) is 4.21 Å². The van der Waals surface area contributed by atoms with E-state index in [1.54, 1.807) is 13.1 Å². The first kappa shape index (κ1) is 34.8. The zero-order chi connectivity index (χ0) is 36.7. The van der Waals surface area contributed by atoms with Gasteiger partial charge in [0.1, 0.15) is 21.6 Å². The monoisotopic (exact) mass is 759 g/mol. The molecule has 280 valence electrons. The molecule has 1 N–H and O–H groups in total. The van der Waals surface area contributed by atoms with Gasteiger partial charge in [-0.1, -0.05) is 23.7 Å². The maximum Gasteiger partial charge on any atom is 0.306 e. The molecule has 9 rings (SSSR count). The molecule has 3 aliphatic heterocycles. The highest BCUT2D eigenvalue weighted by Gasteiger charge is 2.58. The van der Waals surface area contributed by atoms with Crippen LogP contribution in [0.4, 0.5) is 5.69 Å². The van der Waals surface area contributed by atoms with E-state index in [2.05, 4.69) is 31.2 Å². The number of hydrogen-bond donors (Lipinski definition) is 1. The van der Waals surface area contributed by atoms with Crippen LogP contribution in [0.15, 0.2) is 47.0 Å². The maximum absolute atomic E-state index is 14.9. The minimum absolute atomic E-state index is 0.00712. The van der Waals surface area contributed by atoms with Gasteiger partial charge in [-0.15, -0.1) is 9.46 Å². The summed E-state index contributed by atoms with van der Waals surface area (Å²) in [6.45, 7) is 1.59. The van der Waals surface area contributed by atoms with Crippen LogP contribution in [0.25, 0.3) is 0 Å². The highest BCUT2D eigenvalue weighted by atomic mass is 35.5. The fourth-order valence-corrected chi connectivity index (χ4v) is 13.0. The molecule has 1 aromatic heterocycles. The van der Waals surface area contributed by atoms with Gasteiger partial charge in [-0.3, -0.25) is 23.8 Å². The van der Waals surface area contributed by atoms with Gasteiger partial charge in [-0.05, 0) is 117 Å². The second-order valence-electron chi connectivity index (χ2n) is 16.6. The van der Waals surface area contributed by atoms with Crippen LogP contribution in [-0.4, -0.2) is 63.8 Å². The number of nitrogens with zero attached hydrogens (tertiary/aromatic N) is 4. The van der Waals surface area contributed by atoms with Crippen molar-refractivity contribution in [2.24, 2.45) is 34.6 Å². The molecule has 7 atom stereocenters. The molecule has 53 heavy (non-hydrogen) atoms. The highest BCUT2D eigenvalue weighted by Crippen LogP contribution is 2.58. The van der Waals surface area contributed by atoms with Gasteiger partial charge in [0.2, 0.25) is 5.88 Å². The van der Waals surface area contributed by atoms with E-state index in [1.807, 2.05) is 18.2 Å². The molecule has 1 saturated heterocycles. The number of methoxy groups -OCH3 is 1. The van der Waals surface area contributed by atoms with E-state index in [1.165, 1.54) is 34.7 Å². The predicted molar refractivity (Wildman–Crippen MR) is 201 cm³/mol. The topological polar surface area (TPSA) is 132 Å². The van der Waals surface area contributed by atoms with E-state index < -0.39 is 21.7 Å². The Morgan fingerprint density at radius 2 is 1.94 bits per heavy atom. The average Bonchev–Trinajstić information content (AvgIpc) is 3.76. The number of halogens is 1. The van der Waals surface area contributed by atoms with Crippen LogP contribution in [0.3, 0.4) is 0 Å². The smallest absolute Gasteiger partial charge is 0.306 e. The van der Waals surface area contributed by atoms with Crippen molar-refractivity contribution < 1.29 is 28.1 Å². The fraction of sp³-hybridized carbons (Fsp3) is 0.550. The van der Waals surface area contributed by atoms with Crippen LogP contribution in [0.1, 0.15) is 95.2 Å². The minimum atomic E-state index is -3.63. The second-order valence-corrected chi connectivity index (χ2v) is 19.0. The third kappa shape index (κ3) is 6.04. The summed E-state index contributed by atoms with van der Waals surface area (Å²) in [5.41, 5.74) is 4.85. The number of benzene rings is 2. The summed E-state index contributed by atoms with van der Waals surface area (Å²) in [4.78, 5) is 43.5. The number of nitrogens with one attached hydrogen (secondary N) is 1. The lowest BCUT2D eigenvalue weighted by Gasteiger charge is -2.48. The van der Waals surface area contributed by atoms with Crippen molar-refractivity contribution >= 4 is 45.0 Å². The van der Waals surface area contributed by atoms with Gasteiger partial charge < -0.3 is 14.4 Å². The number of carbonyl (C=O) groups is 3. The zero-order valence-corrected chi connectivity index (χ0v) is 31.8. The van der Waals surface area contributed by atoms with Gasteiger partial charge in [0.15, 0.2) is 0 Å². The summed E-state index contributed by atoms with van der Waals surface area (Å²) in [7, 11) is -0.556. The predicted octanol–water partition coefficient (Wildman–Crippen LogP) is 6.20. The molecule has 3 aliphatic carbocycles. The van der Waals surface area contributed by atoms with Crippen LogP contribution in [0, 0.1) is 23.2 Å². The lowest BCUT2D eigenvalue weighted by Crippen LogP contribution is -2.50. The minimum Gasteiger partial charge on any atom is -0.479 e. The quantitative estimate of drug-likeness (QED) is 0.312. The fourth-order valence-electron chi connectivity index (χ4n) is 10.9. The van der Waals surface area contributed by atoms with Gasteiger partial charge in [-0.2, -0.15) is 0 Å². The molecule has 1 unspecified atom stereocenters. The first-order valence-electron chi connectivity index (χ1n) is 19.0. The number of aromatic nitrogens is 2. The second kappa shape index (κ2) is 12.9. The van der Waals surface area contributed by atoms with Gasteiger partial charge in [0.25, 0.3) is 11.8 Å². The molecule has 11 nitrogen and oxygen atoms in total. The largest absolute Gasteiger partial charge is 0.479 e. The molecular formula is C40H46ClN5O6S. The molecule has 2 saturated carbocycles. The summed E-state index contributed by atoms with van der Waals surface area (Å²) >= 11 is 6.50. The van der Waals surface area contributed by atoms with E-state index in [0.29, 0.717) is 30.7 Å². The van der Waals surface area contributed by atoms with Crippen molar-refractivity contribution in [2.75, 3.05) is 30.9 Å². The lowest BCUT2D eigenvalue weighted by molar-refractivity contribution is -0.147. The summed E-state index contributed by atoms with van der Waals surface area (Å²) in [6.07, 6.45) is 10.7. The number of hydrogen-bond acceptors (Lipinski definition) is 8. The molecular weight excluding hydrogens is 714 g/mol. The van der Waals surface area contributed by atoms with Gasteiger partial charge in [0.05, 0.1) is 19.3 Å². The Morgan fingerprint density at radius 1 is 1.08 bits per heavy atom. The molecule has 2 amide bonds. The average molecular weight is 760 g/mol. The van der Waals surface area contributed by atoms with Gasteiger partial charge >= 0.3 is 5.97 Å². The number of ether oxygens (including phenoxy) is 2. The standard InChI is InChI=1S/C40H46ClN5O6S/c1-45-21-31(38(42-45)51-2)37(49)44-53(50)22-24-11-14-40(18-24)19-34(47)52-35(40)30-9-7-28(30)20-46-23-39(13-3-4-26-16-29(41)8-10-32(26)39)15-12-25-5-6-27(17-33(25)46)36(48)43-53/h5-6,8,10,16-17,21,24,28,30,35H,3-4,7,9,11-15,18-20,22-23H2,1-2H3,(H,43,44,48,49,50)/t24-,28+,30-,35-,39-,40-,53?/m1/s1. The molecule has 4 heterocycles. The zero-order valence-electron chi connectivity index (χ0n) is 30.3. The third-order valence-electron chi connectivity index (χ3n) is 13.4. The van der Waals surface area contributed by atoms with Crippen molar-refractivity contribution in [3.05, 3.63) is 75.4 Å². The Hall–Kier alpha value is -3.90. The number of aryl methyl sites for hydroxylation is 3. The number of carbonyl (C=O) groups excluding carboxylic acids is 3. The van der Waals surface area contributed by atoms with Crippen molar-refractivity contribution in [1.82, 2.24) is 14.5 Å². The normalized spacial score (nSPS) is 33.2. The highest BCUT2D eigenvalue weighted by molar-refractivity contribution is 7.92. The SMILES string of the molecule is COc1nn(C)cc1C(=O)NS1(=O)=NC(=O)c2ccc3c(c2)N(C[C@@H]2CC[C@H]2[C@H]2OC(=O)C[C@]24CC[C@H](C4)C1)C[C@@]1(CCCc2cc(Cl)ccc21)CC3. The lowest BCUT2D eigenvalue weighted by atomic mass is 9.62. The third-order valence-corrected chi connectivity index (χ3v) is 15.5. The first-order valence-corrected chi connectivity index (χ1v) is 21.1. The van der Waals surface area contributed by atoms with Crippen molar-refractivity contribution in [3.8, 4) is 5.88 Å². The Kier molecular flexibility index (Phi) is 8.45. The number of rotatable bonds is 3. The van der Waals surface area contributed by atoms with E-state index in [0.717, 1.165) is 75.2 Å². The molecule has 13 heteroatoms. The summed E-state index contributed by atoms with van der Waals surface area (Å²) in [5, 5.41) is 4.94. The van der Waals surface area contributed by atoms with E-state index in [9.17, 15) is 18.6 Å². The Morgan fingerprint density at radius 3 is 2.75 bits per heavy atom. The maximum atomic E-state index is 14.9. The van der Waals surface area contributed by atoms with Gasteiger partial charge in [0, 0.05) is 59.4 Å². The van der Waals surface area contributed by atoms with Crippen LogP contribution in [0.5, 0.6) is 5.88 Å². The van der Waals surface area contributed by atoms with Crippen LogP contribution in [0.2, 0.25) is 5.02 Å². The van der Waals surface area contributed by atoms with Crippen LogP contribution >= 0.6 is 11.6 Å². The molecule has 2 spiro atoms. The summed E-state index contributed by atoms with van der Waals surface area (Å²) in [6, 6.07) is 12.1. The Balaban J connectivity index is 1.15. The number of fused-ring (bicyclic) bond motifs is 6. The number of amides is 2. The molecule has 3 aromatic rings. The number of anilines is 1. The summed E-state index contributed by atoms with van der Waals surface area (Å²) < 4.78 is 35.0. The molecule has 0 radical (unpaired) electrons. The Bertz CT molecular complexity index is 2160. The van der Waals surface area contributed by atoms with E-state index in [-0.39, 0.29) is 51.9 Å². The van der Waals surface area contributed by atoms with Crippen molar-refractivity contribution in [2.45, 2.75) is 82.1 Å². The van der Waals surface area contributed by atoms with Crippen molar-refractivity contribution in [3.63, 3.8) is 0 Å². The van der Waals surface area contributed by atoms with Crippen LogP contribution < -0.4 is 14.4 Å². The molecule has 2 aromatic carbocycles. The molecule has 3 fully saturated rings. The molecule has 4 bridgehead atoms. The van der Waals surface area contributed by atoms with Crippen LogP contribution in [-0.2, 0) is 44.8 Å². The Labute approximate surface area is 315 Å². The van der Waals surface area contributed by atoms with Crippen molar-refractivity contribution in [1.29, 1.82) is 0 Å². The summed E-state index contributed by atoms with van der Waals surface area (Å²) in [5.74, 6) is -0.974. The first-order chi connectivity index (χ1) is 25.5. The van der Waals surface area contributed by atoms with E-state index in [4.69, 9.17) is 21.1 Å². The van der Waals surface area contributed by atoms with E-state index >= 15 is 0 Å². The number of esters is 1. The molecule has 6 aliphatic rings.